The van der Waals surface area contributed by atoms with Gasteiger partial charge in [0.15, 0.2) is 17.2 Å². The average molecular weight is 352 g/mol. The SMILES string of the molecule is O=C1N(Cc2ccc(F)c(F)c2)CCC[C@@]1(O)CNC1CCCCC1. The monoisotopic (exact) mass is 352 g/mol. The molecule has 0 spiro atoms. The highest BCUT2D eigenvalue weighted by Crippen LogP contribution is 2.25. The van der Waals surface area contributed by atoms with Crippen LogP contribution in [-0.4, -0.2) is 40.6 Å². The van der Waals surface area contributed by atoms with E-state index in [1.807, 2.05) is 0 Å². The molecule has 1 aromatic rings. The van der Waals surface area contributed by atoms with Gasteiger partial charge in [-0.1, -0.05) is 25.3 Å². The second-order valence-electron chi connectivity index (χ2n) is 7.33. The van der Waals surface area contributed by atoms with Crippen LogP contribution in [0.2, 0.25) is 0 Å². The molecule has 138 valence electrons. The number of hydrogen-bond donors (Lipinski definition) is 2. The Balaban J connectivity index is 1.61. The van der Waals surface area contributed by atoms with Gasteiger partial charge in [0.2, 0.25) is 0 Å². The smallest absolute Gasteiger partial charge is 0.256 e. The molecule has 1 heterocycles. The maximum Gasteiger partial charge on any atom is 0.256 e. The van der Waals surface area contributed by atoms with E-state index in [0.717, 1.165) is 25.0 Å². The van der Waals surface area contributed by atoms with Crippen LogP contribution in [0.3, 0.4) is 0 Å². The predicted octanol–water partition coefficient (Wildman–Crippen LogP) is 2.74. The van der Waals surface area contributed by atoms with Crippen molar-refractivity contribution < 1.29 is 18.7 Å². The highest BCUT2D eigenvalue weighted by atomic mass is 19.2. The molecule has 2 aliphatic rings. The van der Waals surface area contributed by atoms with Crippen molar-refractivity contribution in [2.24, 2.45) is 0 Å². The largest absolute Gasteiger partial charge is 0.379 e. The maximum absolute atomic E-state index is 13.4. The molecule has 1 saturated carbocycles. The number of nitrogens with zero attached hydrogens (tertiary/aromatic N) is 1. The number of carbonyl (C=O) groups is 1. The van der Waals surface area contributed by atoms with Gasteiger partial charge in [-0.05, 0) is 43.4 Å². The zero-order valence-electron chi connectivity index (χ0n) is 14.4. The Labute approximate surface area is 147 Å². The summed E-state index contributed by atoms with van der Waals surface area (Å²) in [7, 11) is 0. The summed E-state index contributed by atoms with van der Waals surface area (Å²) < 4.78 is 26.4. The standard InChI is InChI=1S/C19H26F2N2O2/c20-16-8-7-14(11-17(16)21)12-23-10-4-9-19(25,18(23)24)13-22-15-5-2-1-3-6-15/h7-8,11,15,22,25H,1-6,9-10,12-13H2/t19-/m1/s1. The van der Waals surface area contributed by atoms with Crippen LogP contribution in [0, 0.1) is 11.6 Å². The number of likely N-dealkylation sites (tertiary alicyclic amines) is 1. The molecule has 25 heavy (non-hydrogen) atoms. The fourth-order valence-electron chi connectivity index (χ4n) is 3.86. The Morgan fingerprint density at radius 2 is 1.92 bits per heavy atom. The Morgan fingerprint density at radius 3 is 2.64 bits per heavy atom. The Morgan fingerprint density at radius 1 is 1.16 bits per heavy atom. The second kappa shape index (κ2) is 7.79. The van der Waals surface area contributed by atoms with Crippen LogP contribution >= 0.6 is 0 Å². The minimum Gasteiger partial charge on any atom is -0.379 e. The molecular weight excluding hydrogens is 326 g/mol. The molecule has 0 aromatic heterocycles. The number of carbonyl (C=O) groups excluding carboxylic acids is 1. The van der Waals surface area contributed by atoms with Gasteiger partial charge in [-0.3, -0.25) is 4.79 Å². The third-order valence-electron chi connectivity index (χ3n) is 5.35. The summed E-state index contributed by atoms with van der Waals surface area (Å²) in [6.45, 7) is 0.954. The van der Waals surface area contributed by atoms with Crippen molar-refractivity contribution in [1.29, 1.82) is 0 Å². The zero-order valence-corrected chi connectivity index (χ0v) is 14.4. The first-order chi connectivity index (χ1) is 12.0. The van der Waals surface area contributed by atoms with Gasteiger partial charge in [-0.25, -0.2) is 8.78 Å². The summed E-state index contributed by atoms with van der Waals surface area (Å²) >= 11 is 0. The molecule has 0 bridgehead atoms. The highest BCUT2D eigenvalue weighted by molar-refractivity contribution is 5.86. The lowest BCUT2D eigenvalue weighted by atomic mass is 9.89. The number of nitrogens with one attached hydrogen (secondary N) is 1. The summed E-state index contributed by atoms with van der Waals surface area (Å²) in [5.41, 5.74) is -0.884. The van der Waals surface area contributed by atoms with Crippen LogP contribution in [-0.2, 0) is 11.3 Å². The number of amides is 1. The lowest BCUT2D eigenvalue weighted by molar-refractivity contribution is -0.157. The van der Waals surface area contributed by atoms with E-state index in [1.165, 1.54) is 25.3 Å². The topological polar surface area (TPSA) is 52.6 Å². The van der Waals surface area contributed by atoms with Crippen molar-refractivity contribution in [3.05, 3.63) is 35.4 Å². The van der Waals surface area contributed by atoms with Crippen LogP contribution in [0.25, 0.3) is 0 Å². The van der Waals surface area contributed by atoms with Gasteiger partial charge in [-0.2, -0.15) is 0 Å². The van der Waals surface area contributed by atoms with Crippen LogP contribution in [0.15, 0.2) is 18.2 Å². The average Bonchev–Trinajstić information content (AvgIpc) is 2.62. The van der Waals surface area contributed by atoms with Crippen molar-refractivity contribution in [2.75, 3.05) is 13.1 Å². The molecule has 3 rings (SSSR count). The number of aliphatic hydroxyl groups is 1. The maximum atomic E-state index is 13.4. The van der Waals surface area contributed by atoms with E-state index in [4.69, 9.17) is 0 Å². The van der Waals surface area contributed by atoms with Crippen LogP contribution < -0.4 is 5.32 Å². The van der Waals surface area contributed by atoms with E-state index in [9.17, 15) is 18.7 Å². The predicted molar refractivity (Wildman–Crippen MR) is 90.8 cm³/mol. The van der Waals surface area contributed by atoms with E-state index < -0.39 is 17.2 Å². The first kappa shape index (κ1) is 18.3. The van der Waals surface area contributed by atoms with Crippen LogP contribution in [0.4, 0.5) is 8.78 Å². The lowest BCUT2D eigenvalue weighted by Gasteiger charge is -2.39. The molecule has 1 saturated heterocycles. The Hall–Kier alpha value is -1.53. The van der Waals surface area contributed by atoms with Gasteiger partial charge in [0.25, 0.3) is 5.91 Å². The van der Waals surface area contributed by atoms with Crippen LogP contribution in [0.1, 0.15) is 50.5 Å². The van der Waals surface area contributed by atoms with E-state index in [-0.39, 0.29) is 19.0 Å². The van der Waals surface area contributed by atoms with Gasteiger partial charge in [0.1, 0.15) is 0 Å². The molecule has 6 heteroatoms. The molecule has 0 unspecified atom stereocenters. The molecule has 2 fully saturated rings. The summed E-state index contributed by atoms with van der Waals surface area (Å²) in [5, 5.41) is 14.2. The van der Waals surface area contributed by atoms with Gasteiger partial charge >= 0.3 is 0 Å². The van der Waals surface area contributed by atoms with Gasteiger partial charge in [0.05, 0.1) is 0 Å². The molecule has 1 aliphatic heterocycles. The van der Waals surface area contributed by atoms with E-state index in [2.05, 4.69) is 5.32 Å². The third-order valence-corrected chi connectivity index (χ3v) is 5.35. The van der Waals surface area contributed by atoms with Crippen molar-refractivity contribution >= 4 is 5.91 Å². The Kier molecular flexibility index (Phi) is 5.69. The quantitative estimate of drug-likeness (QED) is 0.857. The van der Waals surface area contributed by atoms with E-state index in [0.29, 0.717) is 31.0 Å². The first-order valence-electron chi connectivity index (χ1n) is 9.17. The second-order valence-corrected chi connectivity index (χ2v) is 7.33. The molecular formula is C19H26F2N2O2. The van der Waals surface area contributed by atoms with Crippen molar-refractivity contribution in [2.45, 2.75) is 63.1 Å². The third kappa shape index (κ3) is 4.36. The number of benzene rings is 1. The van der Waals surface area contributed by atoms with Gasteiger partial charge in [-0.15, -0.1) is 0 Å². The normalized spacial score (nSPS) is 25.4. The molecule has 4 nitrogen and oxygen atoms in total. The fourth-order valence-corrected chi connectivity index (χ4v) is 3.86. The molecule has 1 atom stereocenters. The first-order valence-corrected chi connectivity index (χ1v) is 9.17. The van der Waals surface area contributed by atoms with Gasteiger partial charge in [0, 0.05) is 25.7 Å². The molecule has 1 aromatic carbocycles. The molecule has 1 aliphatic carbocycles. The zero-order chi connectivity index (χ0) is 17.9. The van der Waals surface area contributed by atoms with E-state index >= 15 is 0 Å². The van der Waals surface area contributed by atoms with Crippen molar-refractivity contribution in [3.63, 3.8) is 0 Å². The minimum atomic E-state index is -1.41. The van der Waals surface area contributed by atoms with Crippen LogP contribution in [0.5, 0.6) is 0 Å². The number of piperidine rings is 1. The number of hydrogen-bond acceptors (Lipinski definition) is 3. The molecule has 0 radical (unpaired) electrons. The number of rotatable bonds is 5. The summed E-state index contributed by atoms with van der Waals surface area (Å²) in [6, 6.07) is 4.01. The minimum absolute atomic E-state index is 0.182. The summed E-state index contributed by atoms with van der Waals surface area (Å²) in [4.78, 5) is 14.3. The summed E-state index contributed by atoms with van der Waals surface area (Å²) in [6.07, 6.45) is 6.92. The fraction of sp³-hybridized carbons (Fsp3) is 0.632. The molecule has 2 N–H and O–H groups in total. The number of halogens is 2. The van der Waals surface area contributed by atoms with Crippen molar-refractivity contribution in [3.8, 4) is 0 Å². The van der Waals surface area contributed by atoms with Crippen molar-refractivity contribution in [1.82, 2.24) is 10.2 Å². The highest BCUT2D eigenvalue weighted by Gasteiger charge is 2.42. The molecule has 1 amide bonds. The lowest BCUT2D eigenvalue weighted by Crippen LogP contribution is -2.58. The Bertz CT molecular complexity index is 619. The summed E-state index contributed by atoms with van der Waals surface area (Å²) in [5.74, 6) is -2.15. The van der Waals surface area contributed by atoms with E-state index in [1.54, 1.807) is 4.90 Å². The van der Waals surface area contributed by atoms with Gasteiger partial charge < -0.3 is 15.3 Å².